The van der Waals surface area contributed by atoms with Crippen LogP contribution in [0.5, 0.6) is 0 Å². The van der Waals surface area contributed by atoms with Crippen LogP contribution in [0.25, 0.3) is 0 Å². The average Bonchev–Trinajstić information content (AvgIpc) is 2.63. The smallest absolute Gasteiger partial charge is 0.309 e. The van der Waals surface area contributed by atoms with Gasteiger partial charge in [0.1, 0.15) is 0 Å². The van der Waals surface area contributed by atoms with Crippen molar-refractivity contribution >= 4 is 5.97 Å². The molecule has 0 heterocycles. The van der Waals surface area contributed by atoms with Gasteiger partial charge in [0.25, 0.3) is 0 Å². The summed E-state index contributed by atoms with van der Waals surface area (Å²) in [4.78, 5) is 10.9. The standard InChI is InChI=1S/C8H11FO2/c1-5(9)8(2)4-6(8)7(10)11-3/h6H,1,4H2,2-3H3/t6-,8+/m0/s1. The molecule has 0 bridgehead atoms. The summed E-state index contributed by atoms with van der Waals surface area (Å²) in [6.07, 6.45) is 0.523. The van der Waals surface area contributed by atoms with E-state index in [0.29, 0.717) is 6.42 Å². The topological polar surface area (TPSA) is 26.3 Å². The molecule has 3 heteroatoms. The first kappa shape index (κ1) is 8.24. The summed E-state index contributed by atoms with van der Waals surface area (Å²) in [5.74, 6) is -1.08. The summed E-state index contributed by atoms with van der Waals surface area (Å²) in [6.45, 7) is 4.86. The van der Waals surface area contributed by atoms with Gasteiger partial charge in [-0.25, -0.2) is 4.39 Å². The first-order chi connectivity index (χ1) is 5.02. The van der Waals surface area contributed by atoms with E-state index in [1.165, 1.54) is 7.11 Å². The summed E-state index contributed by atoms with van der Waals surface area (Å²) in [7, 11) is 1.31. The SMILES string of the molecule is C=C(F)[C@@]1(C)C[C@H]1C(=O)OC. The van der Waals surface area contributed by atoms with Gasteiger partial charge in [-0.15, -0.1) is 0 Å². The minimum atomic E-state index is -0.646. The Balaban J connectivity index is 2.60. The molecule has 0 amide bonds. The molecule has 62 valence electrons. The van der Waals surface area contributed by atoms with Crippen LogP contribution >= 0.6 is 0 Å². The van der Waals surface area contributed by atoms with Gasteiger partial charge in [-0.05, 0) is 6.42 Å². The lowest BCUT2D eigenvalue weighted by Gasteiger charge is -2.04. The van der Waals surface area contributed by atoms with Gasteiger partial charge in [0.05, 0.1) is 18.9 Å². The van der Waals surface area contributed by atoms with E-state index in [2.05, 4.69) is 11.3 Å². The fourth-order valence-corrected chi connectivity index (χ4v) is 1.15. The second-order valence-corrected chi connectivity index (χ2v) is 3.10. The number of hydrogen-bond donors (Lipinski definition) is 0. The molecule has 1 saturated carbocycles. The van der Waals surface area contributed by atoms with Gasteiger partial charge in [0.2, 0.25) is 0 Å². The normalized spacial score (nSPS) is 34.6. The van der Waals surface area contributed by atoms with Gasteiger partial charge < -0.3 is 4.74 Å². The lowest BCUT2D eigenvalue weighted by Crippen LogP contribution is -2.09. The van der Waals surface area contributed by atoms with Crippen molar-refractivity contribution in [3.63, 3.8) is 0 Å². The molecule has 0 aliphatic heterocycles. The Hall–Kier alpha value is -0.860. The Kier molecular flexibility index (Phi) is 1.74. The van der Waals surface area contributed by atoms with E-state index in [9.17, 15) is 9.18 Å². The van der Waals surface area contributed by atoms with Gasteiger partial charge in [-0.3, -0.25) is 4.79 Å². The number of methoxy groups -OCH3 is 1. The zero-order valence-corrected chi connectivity index (χ0v) is 6.69. The summed E-state index contributed by atoms with van der Waals surface area (Å²) < 4.78 is 17.1. The molecule has 0 spiro atoms. The third-order valence-corrected chi connectivity index (χ3v) is 2.34. The number of allylic oxidation sites excluding steroid dienone is 1. The molecular weight excluding hydrogens is 147 g/mol. The van der Waals surface area contributed by atoms with Crippen LogP contribution in [0, 0.1) is 11.3 Å². The molecule has 1 rings (SSSR count). The number of carbonyl (C=O) groups excluding carboxylic acids is 1. The molecule has 0 N–H and O–H groups in total. The summed E-state index contributed by atoms with van der Waals surface area (Å²) in [6, 6.07) is 0. The van der Waals surface area contributed by atoms with E-state index in [-0.39, 0.29) is 11.9 Å². The number of ether oxygens (including phenoxy) is 1. The third kappa shape index (κ3) is 1.15. The maximum absolute atomic E-state index is 12.6. The monoisotopic (exact) mass is 158 g/mol. The average molecular weight is 158 g/mol. The van der Waals surface area contributed by atoms with Crippen molar-refractivity contribution in [3.8, 4) is 0 Å². The molecule has 2 nitrogen and oxygen atoms in total. The lowest BCUT2D eigenvalue weighted by atomic mass is 10.1. The van der Waals surface area contributed by atoms with Crippen LogP contribution in [0.15, 0.2) is 12.4 Å². The van der Waals surface area contributed by atoms with E-state index >= 15 is 0 Å². The van der Waals surface area contributed by atoms with Gasteiger partial charge in [-0.1, -0.05) is 13.5 Å². The van der Waals surface area contributed by atoms with Gasteiger partial charge in [-0.2, -0.15) is 0 Å². The van der Waals surface area contributed by atoms with E-state index in [4.69, 9.17) is 0 Å². The number of hydrogen-bond acceptors (Lipinski definition) is 2. The van der Waals surface area contributed by atoms with Crippen LogP contribution in [0.1, 0.15) is 13.3 Å². The molecule has 0 aromatic heterocycles. The highest BCUT2D eigenvalue weighted by molar-refractivity contribution is 5.77. The number of rotatable bonds is 2. The zero-order valence-electron chi connectivity index (χ0n) is 6.69. The molecule has 2 atom stereocenters. The molecule has 0 aromatic rings. The molecule has 1 fully saturated rings. The number of carbonyl (C=O) groups is 1. The molecule has 1 aliphatic carbocycles. The Bertz CT molecular complexity index is 212. The highest BCUT2D eigenvalue weighted by Crippen LogP contribution is 2.57. The number of halogens is 1. The van der Waals surface area contributed by atoms with E-state index in [0.717, 1.165) is 0 Å². The van der Waals surface area contributed by atoms with Crippen molar-refractivity contribution in [1.29, 1.82) is 0 Å². The predicted octanol–water partition coefficient (Wildman–Crippen LogP) is 1.67. The Morgan fingerprint density at radius 3 is 2.64 bits per heavy atom. The molecule has 11 heavy (non-hydrogen) atoms. The van der Waals surface area contributed by atoms with Gasteiger partial charge >= 0.3 is 5.97 Å². The molecule has 1 aliphatic rings. The van der Waals surface area contributed by atoms with Crippen LogP contribution in [0.3, 0.4) is 0 Å². The van der Waals surface area contributed by atoms with Crippen molar-refractivity contribution in [2.24, 2.45) is 11.3 Å². The summed E-state index contributed by atoms with van der Waals surface area (Å²) >= 11 is 0. The molecule has 0 aromatic carbocycles. The van der Waals surface area contributed by atoms with Crippen molar-refractivity contribution in [2.45, 2.75) is 13.3 Å². The lowest BCUT2D eigenvalue weighted by molar-refractivity contribution is -0.142. The summed E-state index contributed by atoms with van der Waals surface area (Å²) in [5.41, 5.74) is -0.646. The quantitative estimate of drug-likeness (QED) is 0.571. The summed E-state index contributed by atoms with van der Waals surface area (Å²) in [5, 5.41) is 0. The van der Waals surface area contributed by atoms with E-state index in [1.54, 1.807) is 6.92 Å². The third-order valence-electron chi connectivity index (χ3n) is 2.34. The maximum atomic E-state index is 12.6. The molecule has 0 unspecified atom stereocenters. The van der Waals surface area contributed by atoms with Crippen molar-refractivity contribution < 1.29 is 13.9 Å². The minimum Gasteiger partial charge on any atom is -0.469 e. The second-order valence-electron chi connectivity index (χ2n) is 3.10. The van der Waals surface area contributed by atoms with E-state index in [1.807, 2.05) is 0 Å². The van der Waals surface area contributed by atoms with E-state index < -0.39 is 11.2 Å². The van der Waals surface area contributed by atoms with Crippen LogP contribution in [-0.4, -0.2) is 13.1 Å². The molecular formula is C8H11FO2. The highest BCUT2D eigenvalue weighted by Gasteiger charge is 2.58. The Labute approximate surface area is 65.0 Å². The highest BCUT2D eigenvalue weighted by atomic mass is 19.1. The molecule has 0 radical (unpaired) electrons. The predicted molar refractivity (Wildman–Crippen MR) is 38.5 cm³/mol. The van der Waals surface area contributed by atoms with Crippen LogP contribution < -0.4 is 0 Å². The Morgan fingerprint density at radius 2 is 2.36 bits per heavy atom. The largest absolute Gasteiger partial charge is 0.469 e. The van der Waals surface area contributed by atoms with Crippen molar-refractivity contribution in [3.05, 3.63) is 12.4 Å². The van der Waals surface area contributed by atoms with Gasteiger partial charge in [0, 0.05) is 5.41 Å². The first-order valence-corrected chi connectivity index (χ1v) is 3.45. The number of esters is 1. The maximum Gasteiger partial charge on any atom is 0.309 e. The van der Waals surface area contributed by atoms with Crippen LogP contribution in [-0.2, 0) is 9.53 Å². The first-order valence-electron chi connectivity index (χ1n) is 3.45. The van der Waals surface area contributed by atoms with Gasteiger partial charge in [0.15, 0.2) is 0 Å². The van der Waals surface area contributed by atoms with Crippen LogP contribution in [0.4, 0.5) is 4.39 Å². The zero-order chi connectivity index (χ0) is 8.65. The Morgan fingerprint density at radius 1 is 1.82 bits per heavy atom. The van der Waals surface area contributed by atoms with Crippen LogP contribution in [0.2, 0.25) is 0 Å². The fourth-order valence-electron chi connectivity index (χ4n) is 1.15. The molecule has 0 saturated heterocycles. The minimum absolute atomic E-state index is 0.315. The van der Waals surface area contributed by atoms with Crippen molar-refractivity contribution in [1.82, 2.24) is 0 Å². The second kappa shape index (κ2) is 2.32. The fraction of sp³-hybridized carbons (Fsp3) is 0.625. The van der Waals surface area contributed by atoms with Crippen molar-refractivity contribution in [2.75, 3.05) is 7.11 Å².